The summed E-state index contributed by atoms with van der Waals surface area (Å²) < 4.78 is 5.75. The number of nitrogens with two attached hydrogens (primary N) is 1. The van der Waals surface area contributed by atoms with Crippen LogP contribution < -0.4 is 10.5 Å². The van der Waals surface area contributed by atoms with Crippen molar-refractivity contribution in [2.75, 3.05) is 13.2 Å². The summed E-state index contributed by atoms with van der Waals surface area (Å²) in [5.41, 5.74) is 11.2. The maximum Gasteiger partial charge on any atom is 0.119 e. The van der Waals surface area contributed by atoms with E-state index in [0.29, 0.717) is 12.5 Å². The van der Waals surface area contributed by atoms with E-state index in [9.17, 15) is 0 Å². The standard InChI is InChI=1S/C22H28N2O/c1-3-4-13-25-19-11-9-17(10-12-19)14-18(15-23)22-16(2)24-21-8-6-5-7-20(21)22/h5-12,18,24H,3-4,13-15,23H2,1-2H3. The van der Waals surface area contributed by atoms with Gasteiger partial charge in [-0.05, 0) is 55.6 Å². The Morgan fingerprint density at radius 3 is 2.56 bits per heavy atom. The van der Waals surface area contributed by atoms with E-state index >= 15 is 0 Å². The number of benzene rings is 2. The Labute approximate surface area is 150 Å². The number of hydrogen-bond acceptors (Lipinski definition) is 2. The summed E-state index contributed by atoms with van der Waals surface area (Å²) >= 11 is 0. The fourth-order valence-corrected chi connectivity index (χ4v) is 3.47. The minimum Gasteiger partial charge on any atom is -0.494 e. The Bertz CT molecular complexity index is 805. The first-order valence-electron chi connectivity index (χ1n) is 9.22. The molecule has 1 aromatic heterocycles. The lowest BCUT2D eigenvalue weighted by atomic mass is 9.90. The molecular weight excluding hydrogens is 308 g/mol. The van der Waals surface area contributed by atoms with Crippen molar-refractivity contribution in [2.45, 2.75) is 39.0 Å². The summed E-state index contributed by atoms with van der Waals surface area (Å²) in [5, 5.41) is 1.29. The molecule has 1 heterocycles. The van der Waals surface area contributed by atoms with E-state index in [1.807, 2.05) is 0 Å². The average Bonchev–Trinajstić information content (AvgIpc) is 2.97. The Hall–Kier alpha value is -2.26. The van der Waals surface area contributed by atoms with Crippen LogP contribution in [0.1, 0.15) is 42.5 Å². The Morgan fingerprint density at radius 2 is 1.84 bits per heavy atom. The molecule has 0 bridgehead atoms. The summed E-state index contributed by atoms with van der Waals surface area (Å²) in [6.45, 7) is 5.74. The van der Waals surface area contributed by atoms with Crippen LogP contribution in [-0.2, 0) is 6.42 Å². The second-order valence-corrected chi connectivity index (χ2v) is 6.69. The minimum absolute atomic E-state index is 0.308. The van der Waals surface area contributed by atoms with Gasteiger partial charge in [0.1, 0.15) is 5.75 Å². The largest absolute Gasteiger partial charge is 0.494 e. The number of hydrogen-bond donors (Lipinski definition) is 2. The van der Waals surface area contributed by atoms with Crippen LogP contribution in [0.3, 0.4) is 0 Å². The zero-order chi connectivity index (χ0) is 17.6. The number of fused-ring (bicyclic) bond motifs is 1. The van der Waals surface area contributed by atoms with E-state index in [4.69, 9.17) is 10.5 Å². The molecule has 0 fully saturated rings. The molecule has 3 N–H and O–H groups in total. The Kier molecular flexibility index (Phi) is 5.77. The number of rotatable bonds is 8. The van der Waals surface area contributed by atoms with Gasteiger partial charge in [0.05, 0.1) is 6.61 Å². The quantitative estimate of drug-likeness (QED) is 0.572. The minimum atomic E-state index is 0.308. The molecule has 0 saturated heterocycles. The highest BCUT2D eigenvalue weighted by Crippen LogP contribution is 2.31. The van der Waals surface area contributed by atoms with Gasteiger partial charge >= 0.3 is 0 Å². The molecule has 3 rings (SSSR count). The second-order valence-electron chi connectivity index (χ2n) is 6.69. The molecule has 0 radical (unpaired) electrons. The average molecular weight is 336 g/mol. The predicted octanol–water partition coefficient (Wildman–Crippen LogP) is 4.94. The van der Waals surface area contributed by atoms with Gasteiger partial charge in [-0.25, -0.2) is 0 Å². The third-order valence-electron chi connectivity index (χ3n) is 4.81. The monoisotopic (exact) mass is 336 g/mol. The highest BCUT2D eigenvalue weighted by molar-refractivity contribution is 5.85. The van der Waals surface area contributed by atoms with Crippen LogP contribution >= 0.6 is 0 Å². The maximum absolute atomic E-state index is 6.14. The molecule has 0 aliphatic heterocycles. The zero-order valence-corrected chi connectivity index (χ0v) is 15.2. The number of ether oxygens (including phenoxy) is 1. The maximum atomic E-state index is 6.14. The molecule has 1 unspecified atom stereocenters. The van der Waals surface area contributed by atoms with Crippen LogP contribution in [-0.4, -0.2) is 18.1 Å². The van der Waals surface area contributed by atoms with E-state index in [2.05, 4.69) is 67.4 Å². The lowest BCUT2D eigenvalue weighted by Gasteiger charge is -2.16. The third kappa shape index (κ3) is 4.05. The van der Waals surface area contributed by atoms with Gasteiger partial charge in [-0.2, -0.15) is 0 Å². The molecule has 0 amide bonds. The fraction of sp³-hybridized carbons (Fsp3) is 0.364. The fourth-order valence-electron chi connectivity index (χ4n) is 3.47. The smallest absolute Gasteiger partial charge is 0.119 e. The van der Waals surface area contributed by atoms with Crippen LogP contribution in [0, 0.1) is 6.92 Å². The zero-order valence-electron chi connectivity index (χ0n) is 15.2. The molecule has 0 aliphatic rings. The highest BCUT2D eigenvalue weighted by atomic mass is 16.5. The molecule has 25 heavy (non-hydrogen) atoms. The van der Waals surface area contributed by atoms with Crippen LogP contribution in [0.4, 0.5) is 0 Å². The molecule has 0 spiro atoms. The molecule has 0 aliphatic carbocycles. The van der Waals surface area contributed by atoms with Gasteiger partial charge in [-0.1, -0.05) is 43.7 Å². The number of aryl methyl sites for hydroxylation is 1. The van der Waals surface area contributed by atoms with Crippen molar-refractivity contribution in [2.24, 2.45) is 5.73 Å². The normalized spacial score (nSPS) is 12.4. The summed E-state index contributed by atoms with van der Waals surface area (Å²) in [7, 11) is 0. The molecule has 1 atom stereocenters. The number of aromatic amines is 1. The topological polar surface area (TPSA) is 51.0 Å². The summed E-state index contributed by atoms with van der Waals surface area (Å²) in [6.07, 6.45) is 3.19. The van der Waals surface area contributed by atoms with Crippen molar-refractivity contribution in [3.05, 3.63) is 65.4 Å². The molecule has 132 valence electrons. The van der Waals surface area contributed by atoms with Gasteiger partial charge in [-0.3, -0.25) is 0 Å². The molecular formula is C22H28N2O. The lowest BCUT2D eigenvalue weighted by molar-refractivity contribution is 0.309. The van der Waals surface area contributed by atoms with Crippen molar-refractivity contribution in [1.29, 1.82) is 0 Å². The van der Waals surface area contributed by atoms with Gasteiger partial charge in [0, 0.05) is 22.5 Å². The molecule has 2 aromatic carbocycles. The van der Waals surface area contributed by atoms with Gasteiger partial charge < -0.3 is 15.5 Å². The second kappa shape index (κ2) is 8.21. The molecule has 3 aromatic rings. The SMILES string of the molecule is CCCCOc1ccc(CC(CN)c2c(C)[nH]c3ccccc23)cc1. The van der Waals surface area contributed by atoms with E-state index in [-0.39, 0.29) is 0 Å². The van der Waals surface area contributed by atoms with Gasteiger partial charge in [-0.15, -0.1) is 0 Å². The number of H-pyrrole nitrogens is 1. The molecule has 3 nitrogen and oxygen atoms in total. The van der Waals surface area contributed by atoms with Gasteiger partial charge in [0.15, 0.2) is 0 Å². The number of para-hydroxylation sites is 1. The third-order valence-corrected chi connectivity index (χ3v) is 4.81. The summed E-state index contributed by atoms with van der Waals surface area (Å²) in [5.74, 6) is 1.26. The van der Waals surface area contributed by atoms with Crippen molar-refractivity contribution in [3.8, 4) is 5.75 Å². The van der Waals surface area contributed by atoms with Crippen LogP contribution in [0.5, 0.6) is 5.75 Å². The van der Waals surface area contributed by atoms with Gasteiger partial charge in [0.2, 0.25) is 0 Å². The van der Waals surface area contributed by atoms with Crippen molar-refractivity contribution >= 4 is 10.9 Å². The van der Waals surface area contributed by atoms with Crippen LogP contribution in [0.2, 0.25) is 0 Å². The van der Waals surface area contributed by atoms with E-state index < -0.39 is 0 Å². The Morgan fingerprint density at radius 1 is 1.08 bits per heavy atom. The van der Waals surface area contributed by atoms with E-state index in [0.717, 1.165) is 31.6 Å². The van der Waals surface area contributed by atoms with E-state index in [1.165, 1.54) is 27.7 Å². The first kappa shape index (κ1) is 17.6. The van der Waals surface area contributed by atoms with Crippen molar-refractivity contribution in [3.63, 3.8) is 0 Å². The summed E-state index contributed by atoms with van der Waals surface area (Å²) in [6, 6.07) is 16.9. The first-order valence-corrected chi connectivity index (χ1v) is 9.22. The van der Waals surface area contributed by atoms with Crippen LogP contribution in [0.25, 0.3) is 10.9 Å². The highest BCUT2D eigenvalue weighted by Gasteiger charge is 2.18. The predicted molar refractivity (Wildman–Crippen MR) is 105 cm³/mol. The van der Waals surface area contributed by atoms with Crippen molar-refractivity contribution < 1.29 is 4.74 Å². The first-order chi connectivity index (χ1) is 12.2. The Balaban J connectivity index is 1.76. The van der Waals surface area contributed by atoms with E-state index in [1.54, 1.807) is 0 Å². The van der Waals surface area contributed by atoms with Crippen LogP contribution in [0.15, 0.2) is 48.5 Å². The number of nitrogens with one attached hydrogen (secondary N) is 1. The number of aromatic nitrogens is 1. The number of unbranched alkanes of at least 4 members (excludes halogenated alkanes) is 1. The van der Waals surface area contributed by atoms with Crippen molar-refractivity contribution in [1.82, 2.24) is 4.98 Å². The van der Waals surface area contributed by atoms with Gasteiger partial charge in [0.25, 0.3) is 0 Å². The molecule has 3 heteroatoms. The summed E-state index contributed by atoms with van der Waals surface area (Å²) in [4.78, 5) is 3.49. The lowest BCUT2D eigenvalue weighted by Crippen LogP contribution is -2.15. The molecule has 0 saturated carbocycles.